The Hall–Kier alpha value is -3.01. The van der Waals surface area contributed by atoms with Gasteiger partial charge in [0.15, 0.2) is 11.5 Å². The van der Waals surface area contributed by atoms with Gasteiger partial charge in [-0.25, -0.2) is 0 Å². The molecule has 0 aromatic heterocycles. The Kier molecular flexibility index (Phi) is 3.20. The number of allylic oxidation sites excluding steroid dienone is 2. The van der Waals surface area contributed by atoms with Crippen molar-refractivity contribution in [3.8, 4) is 0 Å². The Bertz CT molecular complexity index is 789. The fourth-order valence-corrected chi connectivity index (χ4v) is 2.15. The number of rotatable bonds is 2. The molecule has 3 rings (SSSR count). The second-order valence-corrected chi connectivity index (χ2v) is 4.56. The van der Waals surface area contributed by atoms with Gasteiger partial charge >= 0.3 is 0 Å². The SMILES string of the molecule is O=C1C(O)=C(/C=N/c2ccccc2)C(=O)c2ccccc21. The molecule has 0 saturated carbocycles. The van der Waals surface area contributed by atoms with Crippen LogP contribution in [-0.2, 0) is 0 Å². The highest BCUT2D eigenvalue weighted by molar-refractivity contribution is 6.33. The van der Waals surface area contributed by atoms with Crippen molar-refractivity contribution in [2.24, 2.45) is 4.99 Å². The average Bonchev–Trinajstić information content (AvgIpc) is 2.54. The molecule has 2 aromatic carbocycles. The first-order valence-corrected chi connectivity index (χ1v) is 6.39. The molecule has 21 heavy (non-hydrogen) atoms. The molecule has 1 N–H and O–H groups in total. The van der Waals surface area contributed by atoms with E-state index in [4.69, 9.17) is 0 Å². The molecule has 102 valence electrons. The lowest BCUT2D eigenvalue weighted by atomic mass is 9.88. The van der Waals surface area contributed by atoms with Crippen molar-refractivity contribution in [1.29, 1.82) is 0 Å². The Labute approximate surface area is 121 Å². The van der Waals surface area contributed by atoms with Crippen molar-refractivity contribution in [2.75, 3.05) is 0 Å². The molecule has 1 aliphatic rings. The molecule has 0 unspecified atom stereocenters. The number of aliphatic hydroxyl groups is 1. The quantitative estimate of drug-likeness (QED) is 0.856. The standard InChI is InChI=1S/C17H11NO3/c19-15-12-8-4-5-9-13(12)16(20)17(21)14(15)10-18-11-6-2-1-3-7-11/h1-10,21H/b18-10+. The molecular weight excluding hydrogens is 266 g/mol. The summed E-state index contributed by atoms with van der Waals surface area (Å²) < 4.78 is 0. The zero-order valence-electron chi connectivity index (χ0n) is 11.0. The number of aliphatic imine (C=N–C) groups is 1. The highest BCUT2D eigenvalue weighted by Crippen LogP contribution is 2.24. The largest absolute Gasteiger partial charge is 0.504 e. The number of carbonyl (C=O) groups is 2. The number of carbonyl (C=O) groups excluding carboxylic acids is 2. The van der Waals surface area contributed by atoms with Gasteiger partial charge in [-0.05, 0) is 12.1 Å². The number of hydrogen-bond donors (Lipinski definition) is 1. The van der Waals surface area contributed by atoms with Gasteiger partial charge in [0.05, 0.1) is 11.3 Å². The molecule has 4 heteroatoms. The molecule has 0 bridgehead atoms. The predicted octanol–water partition coefficient (Wildman–Crippen LogP) is 3.28. The number of benzene rings is 2. The molecule has 0 aliphatic heterocycles. The third-order valence-corrected chi connectivity index (χ3v) is 3.23. The van der Waals surface area contributed by atoms with Crippen LogP contribution in [0.5, 0.6) is 0 Å². The van der Waals surface area contributed by atoms with Crippen LogP contribution in [0.25, 0.3) is 0 Å². The minimum atomic E-state index is -0.557. The first kappa shape index (κ1) is 13.0. The molecule has 2 aromatic rings. The number of ketones is 2. The molecule has 0 saturated heterocycles. The van der Waals surface area contributed by atoms with Crippen LogP contribution >= 0.6 is 0 Å². The van der Waals surface area contributed by atoms with Crippen LogP contribution in [0, 0.1) is 0 Å². The van der Waals surface area contributed by atoms with E-state index in [1.807, 2.05) is 18.2 Å². The van der Waals surface area contributed by atoms with Gasteiger partial charge in [-0.2, -0.15) is 0 Å². The van der Waals surface area contributed by atoms with Crippen LogP contribution in [0.1, 0.15) is 20.7 Å². The van der Waals surface area contributed by atoms with Gasteiger partial charge in [0, 0.05) is 17.3 Å². The van der Waals surface area contributed by atoms with Gasteiger partial charge in [0.2, 0.25) is 5.78 Å². The van der Waals surface area contributed by atoms with Crippen molar-refractivity contribution in [1.82, 2.24) is 0 Å². The van der Waals surface area contributed by atoms with Crippen LogP contribution in [0.2, 0.25) is 0 Å². The van der Waals surface area contributed by atoms with Gasteiger partial charge < -0.3 is 5.11 Å². The summed E-state index contributed by atoms with van der Waals surface area (Å²) in [7, 11) is 0. The molecular formula is C17H11NO3. The summed E-state index contributed by atoms with van der Waals surface area (Å²) in [6, 6.07) is 15.4. The van der Waals surface area contributed by atoms with E-state index in [2.05, 4.69) is 4.99 Å². The van der Waals surface area contributed by atoms with E-state index in [1.165, 1.54) is 12.3 Å². The fraction of sp³-hybridized carbons (Fsp3) is 0. The van der Waals surface area contributed by atoms with Gasteiger partial charge in [-0.3, -0.25) is 14.6 Å². The van der Waals surface area contributed by atoms with Crippen LogP contribution in [-0.4, -0.2) is 22.9 Å². The lowest BCUT2D eigenvalue weighted by Gasteiger charge is -2.14. The first-order chi connectivity index (χ1) is 10.2. The summed E-state index contributed by atoms with van der Waals surface area (Å²) in [4.78, 5) is 28.5. The van der Waals surface area contributed by atoms with E-state index < -0.39 is 17.3 Å². The zero-order valence-corrected chi connectivity index (χ0v) is 11.0. The van der Waals surface area contributed by atoms with E-state index in [0.717, 1.165) is 0 Å². The van der Waals surface area contributed by atoms with Crippen molar-refractivity contribution in [3.63, 3.8) is 0 Å². The molecule has 0 spiro atoms. The molecule has 0 amide bonds. The Morgan fingerprint density at radius 3 is 2.05 bits per heavy atom. The van der Waals surface area contributed by atoms with E-state index in [0.29, 0.717) is 5.69 Å². The second-order valence-electron chi connectivity index (χ2n) is 4.56. The number of aliphatic hydroxyl groups excluding tert-OH is 1. The van der Waals surface area contributed by atoms with Crippen molar-refractivity contribution >= 4 is 23.5 Å². The number of Topliss-reactive ketones (excluding diaryl/α,β-unsaturated/α-hetero) is 2. The number of fused-ring (bicyclic) bond motifs is 1. The Morgan fingerprint density at radius 2 is 1.38 bits per heavy atom. The van der Waals surface area contributed by atoms with E-state index >= 15 is 0 Å². The maximum atomic E-state index is 12.3. The van der Waals surface area contributed by atoms with E-state index in [9.17, 15) is 14.7 Å². The Balaban J connectivity index is 2.03. The maximum Gasteiger partial charge on any atom is 0.228 e. The summed E-state index contributed by atoms with van der Waals surface area (Å²) >= 11 is 0. The summed E-state index contributed by atoms with van der Waals surface area (Å²) in [5.74, 6) is -1.51. The lowest BCUT2D eigenvalue weighted by molar-refractivity contribution is 0.0935. The normalized spacial score (nSPS) is 14.7. The minimum Gasteiger partial charge on any atom is -0.504 e. The van der Waals surface area contributed by atoms with Gasteiger partial charge in [0.25, 0.3) is 0 Å². The van der Waals surface area contributed by atoms with Crippen molar-refractivity contribution < 1.29 is 14.7 Å². The summed E-state index contributed by atoms with van der Waals surface area (Å²) in [6.07, 6.45) is 1.24. The van der Waals surface area contributed by atoms with Gasteiger partial charge in [-0.15, -0.1) is 0 Å². The third kappa shape index (κ3) is 2.27. The Morgan fingerprint density at radius 1 is 0.810 bits per heavy atom. The highest BCUT2D eigenvalue weighted by Gasteiger charge is 2.30. The van der Waals surface area contributed by atoms with Crippen molar-refractivity contribution in [3.05, 3.63) is 77.1 Å². The summed E-state index contributed by atoms with van der Waals surface area (Å²) in [6.45, 7) is 0. The number of nitrogens with zero attached hydrogens (tertiary/aromatic N) is 1. The minimum absolute atomic E-state index is 0.0810. The van der Waals surface area contributed by atoms with Crippen LogP contribution in [0.4, 0.5) is 5.69 Å². The smallest absolute Gasteiger partial charge is 0.228 e. The topological polar surface area (TPSA) is 66.7 Å². The molecule has 0 fully saturated rings. The van der Waals surface area contributed by atoms with Gasteiger partial charge in [-0.1, -0.05) is 42.5 Å². The maximum absolute atomic E-state index is 12.3. The average molecular weight is 277 g/mol. The van der Waals surface area contributed by atoms with E-state index in [-0.39, 0.29) is 16.7 Å². The van der Waals surface area contributed by atoms with E-state index in [1.54, 1.807) is 30.3 Å². The molecule has 4 nitrogen and oxygen atoms in total. The summed E-state index contributed by atoms with van der Waals surface area (Å²) in [5, 5.41) is 9.95. The van der Waals surface area contributed by atoms with Crippen LogP contribution < -0.4 is 0 Å². The second kappa shape index (κ2) is 5.17. The molecule has 0 heterocycles. The highest BCUT2D eigenvalue weighted by atomic mass is 16.3. The zero-order chi connectivity index (χ0) is 14.8. The monoisotopic (exact) mass is 277 g/mol. The first-order valence-electron chi connectivity index (χ1n) is 6.39. The fourth-order valence-electron chi connectivity index (χ4n) is 2.15. The molecule has 1 aliphatic carbocycles. The molecule has 0 radical (unpaired) electrons. The number of para-hydroxylation sites is 1. The lowest BCUT2D eigenvalue weighted by Crippen LogP contribution is -2.22. The summed E-state index contributed by atoms with van der Waals surface area (Å²) in [5.41, 5.74) is 1.06. The number of hydrogen-bond acceptors (Lipinski definition) is 4. The van der Waals surface area contributed by atoms with Crippen LogP contribution in [0.3, 0.4) is 0 Å². The predicted molar refractivity (Wildman–Crippen MR) is 79.4 cm³/mol. The van der Waals surface area contributed by atoms with Crippen molar-refractivity contribution in [2.45, 2.75) is 0 Å². The van der Waals surface area contributed by atoms with Crippen LogP contribution in [0.15, 0.2) is 70.9 Å². The molecule has 0 atom stereocenters. The third-order valence-electron chi connectivity index (χ3n) is 3.23. The van der Waals surface area contributed by atoms with Gasteiger partial charge in [0.1, 0.15) is 0 Å².